The number of amides is 3. The third-order valence-corrected chi connectivity index (χ3v) is 7.02. The highest BCUT2D eigenvalue weighted by atomic mass is 16.5. The number of piperidine rings is 1. The average Bonchev–Trinajstić information content (AvgIpc) is 3.51. The predicted octanol–water partition coefficient (Wildman–Crippen LogP) is 1.11. The lowest BCUT2D eigenvalue weighted by molar-refractivity contribution is -0.144. The first-order chi connectivity index (χ1) is 15.1. The maximum absolute atomic E-state index is 13.3. The van der Waals surface area contributed by atoms with E-state index in [2.05, 4.69) is 17.4 Å². The van der Waals surface area contributed by atoms with Crippen LogP contribution in [0.2, 0.25) is 0 Å². The zero-order chi connectivity index (χ0) is 21.8. The van der Waals surface area contributed by atoms with Crippen LogP contribution in [0.5, 0.6) is 0 Å². The third kappa shape index (κ3) is 4.91. The molecule has 3 aliphatic heterocycles. The molecule has 0 aromatic heterocycles. The van der Waals surface area contributed by atoms with Crippen LogP contribution < -0.4 is 10.8 Å². The molecule has 0 bridgehead atoms. The molecule has 0 saturated carbocycles. The molecule has 168 valence electrons. The third-order valence-electron chi connectivity index (χ3n) is 7.02. The van der Waals surface area contributed by atoms with Crippen LogP contribution in [-0.4, -0.2) is 71.5 Å². The first-order valence-electron chi connectivity index (χ1n) is 11.4. The summed E-state index contributed by atoms with van der Waals surface area (Å²) < 4.78 is 0. The van der Waals surface area contributed by atoms with E-state index < -0.39 is 17.9 Å². The zero-order valence-corrected chi connectivity index (χ0v) is 17.8. The van der Waals surface area contributed by atoms with Crippen molar-refractivity contribution in [2.45, 2.75) is 44.1 Å². The van der Waals surface area contributed by atoms with Gasteiger partial charge in [0.25, 0.3) is 0 Å². The first kappa shape index (κ1) is 21.8. The smallest absolute Gasteiger partial charge is 0.248 e. The van der Waals surface area contributed by atoms with Gasteiger partial charge in [-0.15, -0.1) is 0 Å². The number of carbonyl (C=O) groups excluding carboxylic acids is 3. The van der Waals surface area contributed by atoms with Crippen LogP contribution in [0, 0.1) is 11.8 Å². The van der Waals surface area contributed by atoms with Crippen molar-refractivity contribution in [3.05, 3.63) is 35.9 Å². The zero-order valence-electron chi connectivity index (χ0n) is 17.8. The number of nitrogens with one attached hydrogen (secondary N) is 2. The highest BCUT2D eigenvalue weighted by molar-refractivity contribution is 5.90. The Bertz CT molecular complexity index is 796. The number of nitrogens with zero attached hydrogens (tertiary/aromatic N) is 2. The van der Waals surface area contributed by atoms with Crippen molar-refractivity contribution in [3.8, 4) is 0 Å². The number of hydroxylamine groups is 1. The minimum absolute atomic E-state index is 0.0323. The topological polar surface area (TPSA) is 102 Å². The molecule has 1 aromatic rings. The molecule has 4 atom stereocenters. The van der Waals surface area contributed by atoms with Crippen LogP contribution in [0.1, 0.15) is 43.6 Å². The lowest BCUT2D eigenvalue weighted by Crippen LogP contribution is -2.58. The normalized spacial score (nSPS) is 28.5. The van der Waals surface area contributed by atoms with Crippen LogP contribution >= 0.6 is 0 Å². The van der Waals surface area contributed by atoms with E-state index in [1.165, 1.54) is 5.56 Å². The Hall–Kier alpha value is -2.45. The van der Waals surface area contributed by atoms with E-state index in [-0.39, 0.29) is 17.7 Å². The van der Waals surface area contributed by atoms with E-state index in [1.54, 1.807) is 5.48 Å². The van der Waals surface area contributed by atoms with Gasteiger partial charge in [-0.1, -0.05) is 30.3 Å². The summed E-state index contributed by atoms with van der Waals surface area (Å²) in [6.45, 7) is 3.41. The fourth-order valence-corrected chi connectivity index (χ4v) is 5.27. The van der Waals surface area contributed by atoms with E-state index in [9.17, 15) is 19.6 Å². The molecule has 0 spiro atoms. The van der Waals surface area contributed by atoms with Crippen LogP contribution in [0.15, 0.2) is 30.3 Å². The standard InChI is InChI=1S/C23H32N4O4/c28-20(26-9-4-5-10-26)13-16-12-19(22(29)25-31)21(24-14-16)23(30)27-11-8-18(15-27)17-6-2-1-3-7-17/h1-3,6-7,16,18-19,21,24,31H,4-5,8-15H2,(H,25,29)/t16-,18+,19-,21-/m1/s1. The summed E-state index contributed by atoms with van der Waals surface area (Å²) in [7, 11) is 0. The van der Waals surface area contributed by atoms with Crippen LogP contribution in [0.3, 0.4) is 0 Å². The lowest BCUT2D eigenvalue weighted by atomic mass is 9.81. The number of likely N-dealkylation sites (tertiary alicyclic amines) is 2. The van der Waals surface area contributed by atoms with E-state index in [0.29, 0.717) is 38.4 Å². The van der Waals surface area contributed by atoms with Gasteiger partial charge in [0.2, 0.25) is 17.7 Å². The van der Waals surface area contributed by atoms with Crippen LogP contribution in [0.25, 0.3) is 0 Å². The van der Waals surface area contributed by atoms with Crippen molar-refractivity contribution in [3.63, 3.8) is 0 Å². The molecule has 3 saturated heterocycles. The van der Waals surface area contributed by atoms with E-state index in [4.69, 9.17) is 0 Å². The van der Waals surface area contributed by atoms with Crippen molar-refractivity contribution < 1.29 is 19.6 Å². The van der Waals surface area contributed by atoms with E-state index >= 15 is 0 Å². The summed E-state index contributed by atoms with van der Waals surface area (Å²) in [5.41, 5.74) is 2.95. The van der Waals surface area contributed by atoms with Gasteiger partial charge in [-0.3, -0.25) is 19.6 Å². The molecule has 3 amide bonds. The van der Waals surface area contributed by atoms with Gasteiger partial charge in [0.15, 0.2) is 0 Å². The molecular weight excluding hydrogens is 396 g/mol. The number of hydrogen-bond donors (Lipinski definition) is 3. The summed E-state index contributed by atoms with van der Waals surface area (Å²) in [6, 6.07) is 9.49. The quantitative estimate of drug-likeness (QED) is 0.482. The second kappa shape index (κ2) is 9.78. The minimum atomic E-state index is -0.696. The van der Waals surface area contributed by atoms with Gasteiger partial charge in [0.05, 0.1) is 12.0 Å². The SMILES string of the molecule is O=C(NO)[C@@H]1C[C@H](CC(=O)N2CCCC2)CN[C@H]1C(=O)N1CC[C@H](c2ccccc2)C1. The molecule has 3 N–H and O–H groups in total. The Morgan fingerprint density at radius 3 is 2.52 bits per heavy atom. The highest BCUT2D eigenvalue weighted by Crippen LogP contribution is 2.31. The fraction of sp³-hybridized carbons (Fsp3) is 0.609. The van der Waals surface area contributed by atoms with Crippen molar-refractivity contribution in [1.29, 1.82) is 0 Å². The Labute approximate surface area is 182 Å². The summed E-state index contributed by atoms with van der Waals surface area (Å²) in [6.07, 6.45) is 3.75. The summed E-state index contributed by atoms with van der Waals surface area (Å²) in [4.78, 5) is 41.9. The largest absolute Gasteiger partial charge is 0.343 e. The Kier molecular flexibility index (Phi) is 6.87. The van der Waals surface area contributed by atoms with Gasteiger partial charge >= 0.3 is 0 Å². The fourth-order valence-electron chi connectivity index (χ4n) is 5.27. The second-order valence-electron chi connectivity index (χ2n) is 9.04. The Morgan fingerprint density at radius 2 is 1.81 bits per heavy atom. The Morgan fingerprint density at radius 1 is 1.06 bits per heavy atom. The van der Waals surface area contributed by atoms with Gasteiger partial charge < -0.3 is 15.1 Å². The minimum Gasteiger partial charge on any atom is -0.343 e. The van der Waals surface area contributed by atoms with Crippen molar-refractivity contribution >= 4 is 17.7 Å². The van der Waals surface area contributed by atoms with Gasteiger partial charge in [-0.25, -0.2) is 5.48 Å². The lowest BCUT2D eigenvalue weighted by Gasteiger charge is -2.37. The van der Waals surface area contributed by atoms with E-state index in [0.717, 1.165) is 32.4 Å². The highest BCUT2D eigenvalue weighted by Gasteiger charge is 2.43. The molecule has 0 radical (unpaired) electrons. The van der Waals surface area contributed by atoms with Gasteiger partial charge in [0.1, 0.15) is 0 Å². The average molecular weight is 429 g/mol. The summed E-state index contributed by atoms with van der Waals surface area (Å²) in [5, 5.41) is 12.5. The number of benzene rings is 1. The maximum atomic E-state index is 13.3. The van der Waals surface area contributed by atoms with E-state index in [1.807, 2.05) is 28.0 Å². The molecule has 3 aliphatic rings. The molecule has 4 rings (SSSR count). The van der Waals surface area contributed by atoms with Crippen molar-refractivity contribution in [2.24, 2.45) is 11.8 Å². The molecule has 0 unspecified atom stereocenters. The summed E-state index contributed by atoms with van der Waals surface area (Å²) >= 11 is 0. The maximum Gasteiger partial charge on any atom is 0.248 e. The summed E-state index contributed by atoms with van der Waals surface area (Å²) in [5.74, 6) is -0.986. The molecule has 1 aromatic carbocycles. The number of carbonyl (C=O) groups is 3. The second-order valence-corrected chi connectivity index (χ2v) is 9.04. The van der Waals surface area contributed by atoms with Crippen molar-refractivity contribution in [2.75, 3.05) is 32.7 Å². The van der Waals surface area contributed by atoms with Gasteiger partial charge in [-0.2, -0.15) is 0 Å². The Balaban J connectivity index is 1.38. The van der Waals surface area contributed by atoms with Crippen molar-refractivity contribution in [1.82, 2.24) is 20.6 Å². The molecule has 8 nitrogen and oxygen atoms in total. The molecule has 3 fully saturated rings. The number of hydrogen-bond acceptors (Lipinski definition) is 5. The first-order valence-corrected chi connectivity index (χ1v) is 11.4. The number of rotatable bonds is 5. The predicted molar refractivity (Wildman–Crippen MR) is 114 cm³/mol. The molecular formula is C23H32N4O4. The van der Waals surface area contributed by atoms with Crippen LogP contribution in [0.4, 0.5) is 0 Å². The monoisotopic (exact) mass is 428 g/mol. The van der Waals surface area contributed by atoms with Gasteiger partial charge in [0, 0.05) is 38.5 Å². The molecule has 31 heavy (non-hydrogen) atoms. The van der Waals surface area contributed by atoms with Gasteiger partial charge in [-0.05, 0) is 43.7 Å². The van der Waals surface area contributed by atoms with Crippen LogP contribution in [-0.2, 0) is 14.4 Å². The molecule has 0 aliphatic carbocycles. The molecule has 8 heteroatoms. The molecule has 3 heterocycles.